The number of nitrogens with zero attached hydrogens (tertiary/aromatic N) is 2. The first kappa shape index (κ1) is 17.0. The summed E-state index contributed by atoms with van der Waals surface area (Å²) in [7, 11) is 2.06. The number of halogens is 1. The van der Waals surface area contributed by atoms with Gasteiger partial charge in [-0.2, -0.15) is 5.10 Å². The Balaban J connectivity index is 2.20. The molecule has 1 aliphatic carbocycles. The summed E-state index contributed by atoms with van der Waals surface area (Å²) in [5.41, 5.74) is 2.86. The predicted octanol–water partition coefficient (Wildman–Crippen LogP) is 4.23. The molecule has 0 aliphatic heterocycles. The zero-order valence-electron chi connectivity index (χ0n) is 14.2. The maximum atomic E-state index is 4.55. The first-order chi connectivity index (χ1) is 9.86. The zero-order valence-corrected chi connectivity index (χ0v) is 15.8. The highest BCUT2D eigenvalue weighted by Crippen LogP contribution is 2.45. The molecule has 120 valence electrons. The Morgan fingerprint density at radius 2 is 2.19 bits per heavy atom. The molecule has 1 fully saturated rings. The summed E-state index contributed by atoms with van der Waals surface area (Å²) < 4.78 is 3.23. The molecule has 0 spiro atoms. The van der Waals surface area contributed by atoms with Crippen molar-refractivity contribution in [3.05, 3.63) is 15.9 Å². The molecule has 1 aromatic heterocycles. The van der Waals surface area contributed by atoms with Gasteiger partial charge >= 0.3 is 0 Å². The standard InChI is InChI=1S/C17H30BrN3/c1-6-10-19-14(13-8-7-9-17(13,3)4)11-15-16(18)12(2)20-21(15)5/h13-14,19H,6-11H2,1-5H3. The highest BCUT2D eigenvalue weighted by atomic mass is 79.9. The molecule has 1 aliphatic rings. The second kappa shape index (κ2) is 6.82. The van der Waals surface area contributed by atoms with E-state index in [1.807, 2.05) is 4.68 Å². The molecule has 21 heavy (non-hydrogen) atoms. The van der Waals surface area contributed by atoms with Gasteiger partial charge in [0, 0.05) is 19.5 Å². The van der Waals surface area contributed by atoms with Crippen LogP contribution in [-0.4, -0.2) is 22.4 Å². The third-order valence-electron chi connectivity index (χ3n) is 5.16. The first-order valence-electron chi connectivity index (χ1n) is 8.28. The average Bonchev–Trinajstić information content (AvgIpc) is 2.88. The van der Waals surface area contributed by atoms with Crippen molar-refractivity contribution < 1.29 is 0 Å². The van der Waals surface area contributed by atoms with Gasteiger partial charge in [-0.1, -0.05) is 27.2 Å². The van der Waals surface area contributed by atoms with Gasteiger partial charge in [0.05, 0.1) is 15.9 Å². The van der Waals surface area contributed by atoms with Crippen LogP contribution in [0.25, 0.3) is 0 Å². The van der Waals surface area contributed by atoms with E-state index in [4.69, 9.17) is 0 Å². The molecule has 0 radical (unpaired) electrons. The van der Waals surface area contributed by atoms with Crippen molar-refractivity contribution in [1.82, 2.24) is 15.1 Å². The summed E-state index contributed by atoms with van der Waals surface area (Å²) in [4.78, 5) is 0. The second-order valence-corrected chi connectivity index (χ2v) is 8.01. The Morgan fingerprint density at radius 3 is 2.67 bits per heavy atom. The fraction of sp³-hybridized carbons (Fsp3) is 0.824. The van der Waals surface area contributed by atoms with E-state index in [9.17, 15) is 0 Å². The van der Waals surface area contributed by atoms with E-state index in [1.54, 1.807) is 0 Å². The number of aromatic nitrogens is 2. The van der Waals surface area contributed by atoms with Crippen LogP contribution in [-0.2, 0) is 13.5 Å². The maximum Gasteiger partial charge on any atom is 0.0738 e. The molecule has 3 nitrogen and oxygen atoms in total. The van der Waals surface area contributed by atoms with Gasteiger partial charge in [-0.3, -0.25) is 4.68 Å². The van der Waals surface area contributed by atoms with Crippen molar-refractivity contribution in [2.75, 3.05) is 6.54 Å². The van der Waals surface area contributed by atoms with Gasteiger partial charge in [0.15, 0.2) is 0 Å². The second-order valence-electron chi connectivity index (χ2n) is 7.22. The van der Waals surface area contributed by atoms with Crippen LogP contribution in [0.15, 0.2) is 4.47 Å². The third-order valence-corrected chi connectivity index (χ3v) is 6.19. The van der Waals surface area contributed by atoms with Crippen molar-refractivity contribution in [3.8, 4) is 0 Å². The lowest BCUT2D eigenvalue weighted by atomic mass is 9.76. The van der Waals surface area contributed by atoms with E-state index in [1.165, 1.54) is 35.8 Å². The van der Waals surface area contributed by atoms with Crippen LogP contribution in [0, 0.1) is 18.3 Å². The summed E-state index contributed by atoms with van der Waals surface area (Å²) in [5.74, 6) is 0.756. The summed E-state index contributed by atoms with van der Waals surface area (Å²) in [6.45, 7) is 10.3. The molecule has 2 atom stereocenters. The van der Waals surface area contributed by atoms with Crippen LogP contribution < -0.4 is 5.32 Å². The molecule has 1 heterocycles. The van der Waals surface area contributed by atoms with E-state index in [0.29, 0.717) is 11.5 Å². The van der Waals surface area contributed by atoms with E-state index >= 15 is 0 Å². The van der Waals surface area contributed by atoms with Gasteiger partial charge in [-0.05, 0) is 60.0 Å². The molecule has 4 heteroatoms. The van der Waals surface area contributed by atoms with Gasteiger partial charge in [-0.15, -0.1) is 0 Å². The lowest BCUT2D eigenvalue weighted by molar-refractivity contribution is 0.194. The number of aryl methyl sites for hydroxylation is 2. The third kappa shape index (κ3) is 3.70. The van der Waals surface area contributed by atoms with Gasteiger partial charge < -0.3 is 5.32 Å². The van der Waals surface area contributed by atoms with Crippen molar-refractivity contribution in [2.45, 2.75) is 65.8 Å². The van der Waals surface area contributed by atoms with E-state index < -0.39 is 0 Å². The summed E-state index contributed by atoms with van der Waals surface area (Å²) in [6, 6.07) is 0.550. The Bertz CT molecular complexity index is 479. The van der Waals surface area contributed by atoms with E-state index in [2.05, 4.69) is 61.1 Å². The minimum atomic E-state index is 0.450. The van der Waals surface area contributed by atoms with Crippen molar-refractivity contribution in [3.63, 3.8) is 0 Å². The zero-order chi connectivity index (χ0) is 15.6. The summed E-state index contributed by atoms with van der Waals surface area (Å²) >= 11 is 3.72. The van der Waals surface area contributed by atoms with Crippen molar-refractivity contribution in [1.29, 1.82) is 0 Å². The Kier molecular flexibility index (Phi) is 5.53. The summed E-state index contributed by atoms with van der Waals surface area (Å²) in [5, 5.41) is 8.37. The van der Waals surface area contributed by atoms with E-state index in [0.717, 1.165) is 24.6 Å². The fourth-order valence-corrected chi connectivity index (χ4v) is 4.39. The maximum absolute atomic E-state index is 4.55. The Hall–Kier alpha value is -0.350. The molecular weight excluding hydrogens is 326 g/mol. The molecule has 0 bridgehead atoms. The smallest absolute Gasteiger partial charge is 0.0738 e. The first-order valence-corrected chi connectivity index (χ1v) is 9.07. The monoisotopic (exact) mass is 355 g/mol. The highest BCUT2D eigenvalue weighted by Gasteiger charge is 2.39. The topological polar surface area (TPSA) is 29.9 Å². The lowest BCUT2D eigenvalue weighted by Gasteiger charge is -2.35. The predicted molar refractivity (Wildman–Crippen MR) is 92.6 cm³/mol. The molecular formula is C17H30BrN3. The molecule has 0 saturated heterocycles. The van der Waals surface area contributed by atoms with Crippen LogP contribution in [0.3, 0.4) is 0 Å². The normalized spacial score (nSPS) is 22.7. The minimum absolute atomic E-state index is 0.450. The number of hydrogen-bond donors (Lipinski definition) is 1. The minimum Gasteiger partial charge on any atom is -0.313 e. The fourth-order valence-electron chi connectivity index (χ4n) is 3.90. The molecule has 1 N–H and O–H groups in total. The SMILES string of the molecule is CCCNC(Cc1c(Br)c(C)nn1C)C1CCCC1(C)C. The highest BCUT2D eigenvalue weighted by molar-refractivity contribution is 9.10. The van der Waals surface area contributed by atoms with Crippen molar-refractivity contribution in [2.24, 2.45) is 18.4 Å². The number of rotatable bonds is 6. The van der Waals surface area contributed by atoms with E-state index in [-0.39, 0.29) is 0 Å². The Morgan fingerprint density at radius 1 is 1.48 bits per heavy atom. The average molecular weight is 356 g/mol. The van der Waals surface area contributed by atoms with Crippen molar-refractivity contribution >= 4 is 15.9 Å². The van der Waals surface area contributed by atoms with Gasteiger partial charge in [0.25, 0.3) is 0 Å². The number of hydrogen-bond acceptors (Lipinski definition) is 2. The van der Waals surface area contributed by atoms with Crippen LogP contribution in [0.1, 0.15) is 57.8 Å². The summed E-state index contributed by atoms with van der Waals surface area (Å²) in [6.07, 6.45) is 6.32. The molecule has 1 aromatic rings. The van der Waals surface area contributed by atoms with Crippen LogP contribution in [0.4, 0.5) is 0 Å². The quantitative estimate of drug-likeness (QED) is 0.827. The molecule has 1 saturated carbocycles. The van der Waals surface area contributed by atoms with Crippen LogP contribution in [0.5, 0.6) is 0 Å². The van der Waals surface area contributed by atoms with Crippen LogP contribution >= 0.6 is 15.9 Å². The lowest BCUT2D eigenvalue weighted by Crippen LogP contribution is -2.43. The van der Waals surface area contributed by atoms with Gasteiger partial charge in [0.2, 0.25) is 0 Å². The molecule has 0 aromatic carbocycles. The molecule has 0 amide bonds. The van der Waals surface area contributed by atoms with Gasteiger partial charge in [-0.25, -0.2) is 0 Å². The largest absolute Gasteiger partial charge is 0.313 e. The number of nitrogens with one attached hydrogen (secondary N) is 1. The Labute approximate surface area is 138 Å². The molecule has 2 rings (SSSR count). The molecule has 2 unspecified atom stereocenters. The van der Waals surface area contributed by atoms with Crippen LogP contribution in [0.2, 0.25) is 0 Å². The van der Waals surface area contributed by atoms with Gasteiger partial charge in [0.1, 0.15) is 0 Å².